The van der Waals surface area contributed by atoms with Crippen molar-refractivity contribution in [1.29, 1.82) is 0 Å². The van der Waals surface area contributed by atoms with Crippen LogP contribution in [0.3, 0.4) is 0 Å². The molecule has 2 atom stereocenters. The second kappa shape index (κ2) is 5.86. The average Bonchev–Trinajstić information content (AvgIpc) is 2.17. The lowest BCUT2D eigenvalue weighted by atomic mass is 9.76. The van der Waals surface area contributed by atoms with Crippen LogP contribution in [-0.2, 0) is 0 Å². The molecule has 94 valence electrons. The summed E-state index contributed by atoms with van der Waals surface area (Å²) in [5.74, 6) is 1.23. The van der Waals surface area contributed by atoms with Crippen molar-refractivity contribution in [3.05, 3.63) is 11.6 Å². The summed E-state index contributed by atoms with van der Waals surface area (Å²) in [5.41, 5.74) is 1.04. The number of allylic oxidation sites excluding steroid dienone is 2. The largest absolute Gasteiger partial charge is 0.390 e. The molecular formula is C15H28O. The van der Waals surface area contributed by atoms with Crippen LogP contribution in [0.2, 0.25) is 0 Å². The van der Waals surface area contributed by atoms with E-state index >= 15 is 0 Å². The Bertz CT molecular complexity index is 238. The molecule has 0 amide bonds. The van der Waals surface area contributed by atoms with Crippen LogP contribution in [0.15, 0.2) is 11.6 Å². The maximum Gasteiger partial charge on any atom is 0.0650 e. The Hall–Kier alpha value is -0.300. The summed E-state index contributed by atoms with van der Waals surface area (Å²) in [4.78, 5) is 0. The highest BCUT2D eigenvalue weighted by atomic mass is 16.3. The minimum absolute atomic E-state index is 0.452. The summed E-state index contributed by atoms with van der Waals surface area (Å²) in [7, 11) is 0. The number of rotatable bonds is 5. The Morgan fingerprint density at radius 2 is 2.19 bits per heavy atom. The molecule has 0 radical (unpaired) electrons. The Labute approximate surface area is 101 Å². The lowest BCUT2D eigenvalue weighted by molar-refractivity contribution is -0.0155. The number of hydrogen-bond acceptors (Lipinski definition) is 1. The normalized spacial score (nSPS) is 25.4. The zero-order valence-corrected chi connectivity index (χ0v) is 11.4. The number of aliphatic hydroxyl groups is 1. The van der Waals surface area contributed by atoms with Crippen molar-refractivity contribution in [2.45, 2.75) is 71.8 Å². The molecule has 0 saturated heterocycles. The van der Waals surface area contributed by atoms with Crippen molar-refractivity contribution in [2.24, 2.45) is 11.8 Å². The smallest absolute Gasteiger partial charge is 0.0650 e. The van der Waals surface area contributed by atoms with E-state index < -0.39 is 5.60 Å². The highest BCUT2D eigenvalue weighted by Gasteiger charge is 2.31. The van der Waals surface area contributed by atoms with Gasteiger partial charge in [-0.3, -0.25) is 0 Å². The quantitative estimate of drug-likeness (QED) is 0.690. The third-order valence-corrected chi connectivity index (χ3v) is 3.98. The second-order valence-corrected chi connectivity index (χ2v) is 6.17. The van der Waals surface area contributed by atoms with Gasteiger partial charge in [-0.1, -0.05) is 38.3 Å². The average molecular weight is 224 g/mol. The molecule has 0 aromatic rings. The van der Waals surface area contributed by atoms with Crippen LogP contribution in [0.4, 0.5) is 0 Å². The fourth-order valence-corrected chi connectivity index (χ4v) is 2.60. The van der Waals surface area contributed by atoms with Gasteiger partial charge in [0.1, 0.15) is 0 Å². The van der Waals surface area contributed by atoms with Crippen LogP contribution in [0.5, 0.6) is 0 Å². The molecule has 1 aliphatic carbocycles. The molecule has 1 unspecified atom stereocenters. The summed E-state index contributed by atoms with van der Waals surface area (Å²) < 4.78 is 0. The summed E-state index contributed by atoms with van der Waals surface area (Å²) in [6, 6.07) is 0. The maximum atomic E-state index is 10.5. The third kappa shape index (κ3) is 4.29. The Kier molecular flexibility index (Phi) is 5.04. The second-order valence-electron chi connectivity index (χ2n) is 6.17. The van der Waals surface area contributed by atoms with Gasteiger partial charge in [0.15, 0.2) is 0 Å². The van der Waals surface area contributed by atoms with Crippen LogP contribution in [0.1, 0.15) is 66.2 Å². The molecule has 1 heteroatoms. The van der Waals surface area contributed by atoms with E-state index in [1.165, 1.54) is 18.4 Å². The third-order valence-electron chi connectivity index (χ3n) is 3.98. The predicted molar refractivity (Wildman–Crippen MR) is 70.4 cm³/mol. The van der Waals surface area contributed by atoms with Gasteiger partial charge in [0, 0.05) is 0 Å². The standard InChI is InChI=1S/C15H28O/c1-12(2)6-5-11-15(4,16)14-9-7-13(3)8-10-14/h7,12,14,16H,5-6,8-11H2,1-4H3/t14?,15-/m1/s1. The van der Waals surface area contributed by atoms with E-state index in [4.69, 9.17) is 0 Å². The molecule has 1 aliphatic rings. The van der Waals surface area contributed by atoms with Gasteiger partial charge in [-0.15, -0.1) is 0 Å². The molecule has 1 nitrogen and oxygen atoms in total. The van der Waals surface area contributed by atoms with E-state index in [1.54, 1.807) is 0 Å². The molecule has 1 rings (SSSR count). The first-order valence-electron chi connectivity index (χ1n) is 6.80. The highest BCUT2D eigenvalue weighted by molar-refractivity contribution is 5.05. The monoisotopic (exact) mass is 224 g/mol. The van der Waals surface area contributed by atoms with Crippen LogP contribution in [0, 0.1) is 11.8 Å². The molecule has 0 bridgehead atoms. The van der Waals surface area contributed by atoms with E-state index in [-0.39, 0.29) is 0 Å². The van der Waals surface area contributed by atoms with Gasteiger partial charge < -0.3 is 5.11 Å². The fraction of sp³-hybridized carbons (Fsp3) is 0.867. The molecule has 0 heterocycles. The molecule has 0 aromatic carbocycles. The first kappa shape index (κ1) is 13.8. The minimum atomic E-state index is -0.452. The van der Waals surface area contributed by atoms with Gasteiger partial charge in [0.25, 0.3) is 0 Å². The summed E-state index contributed by atoms with van der Waals surface area (Å²) in [6.07, 6.45) is 9.07. The molecule has 1 N–H and O–H groups in total. The molecule has 16 heavy (non-hydrogen) atoms. The predicted octanol–water partition coefficient (Wildman–Crippen LogP) is 4.31. The fourth-order valence-electron chi connectivity index (χ4n) is 2.60. The van der Waals surface area contributed by atoms with E-state index in [2.05, 4.69) is 26.8 Å². The molecular weight excluding hydrogens is 196 g/mol. The van der Waals surface area contributed by atoms with Gasteiger partial charge >= 0.3 is 0 Å². The van der Waals surface area contributed by atoms with Gasteiger partial charge in [-0.2, -0.15) is 0 Å². The lowest BCUT2D eigenvalue weighted by Gasteiger charge is -2.35. The summed E-state index contributed by atoms with van der Waals surface area (Å²) >= 11 is 0. The van der Waals surface area contributed by atoms with Crippen LogP contribution < -0.4 is 0 Å². The zero-order chi connectivity index (χ0) is 12.2. The van der Waals surface area contributed by atoms with Gasteiger partial charge in [-0.05, 0) is 51.4 Å². The Balaban J connectivity index is 2.38. The summed E-state index contributed by atoms with van der Waals surface area (Å²) in [6.45, 7) is 8.74. The van der Waals surface area contributed by atoms with Crippen LogP contribution in [-0.4, -0.2) is 10.7 Å². The van der Waals surface area contributed by atoms with Gasteiger partial charge in [-0.25, -0.2) is 0 Å². The SMILES string of the molecule is CC1=CCC([C@](C)(O)CCCC(C)C)CC1. The highest BCUT2D eigenvalue weighted by Crippen LogP contribution is 2.35. The van der Waals surface area contributed by atoms with E-state index in [9.17, 15) is 5.11 Å². The Morgan fingerprint density at radius 1 is 1.50 bits per heavy atom. The molecule has 0 aromatic heterocycles. The van der Waals surface area contributed by atoms with Crippen molar-refractivity contribution in [3.63, 3.8) is 0 Å². The minimum Gasteiger partial charge on any atom is -0.390 e. The van der Waals surface area contributed by atoms with E-state index in [0.29, 0.717) is 5.92 Å². The van der Waals surface area contributed by atoms with Crippen molar-refractivity contribution >= 4 is 0 Å². The van der Waals surface area contributed by atoms with E-state index in [1.807, 2.05) is 6.92 Å². The Morgan fingerprint density at radius 3 is 2.69 bits per heavy atom. The maximum absolute atomic E-state index is 10.5. The molecule has 0 aliphatic heterocycles. The first-order valence-corrected chi connectivity index (χ1v) is 6.80. The van der Waals surface area contributed by atoms with E-state index in [0.717, 1.165) is 31.6 Å². The van der Waals surface area contributed by atoms with Crippen LogP contribution >= 0.6 is 0 Å². The number of hydrogen-bond donors (Lipinski definition) is 1. The van der Waals surface area contributed by atoms with Crippen molar-refractivity contribution in [2.75, 3.05) is 0 Å². The van der Waals surface area contributed by atoms with Crippen molar-refractivity contribution < 1.29 is 5.11 Å². The lowest BCUT2D eigenvalue weighted by Crippen LogP contribution is -2.35. The van der Waals surface area contributed by atoms with Crippen molar-refractivity contribution in [3.8, 4) is 0 Å². The van der Waals surface area contributed by atoms with Crippen molar-refractivity contribution in [1.82, 2.24) is 0 Å². The zero-order valence-electron chi connectivity index (χ0n) is 11.4. The van der Waals surface area contributed by atoms with Gasteiger partial charge in [0.2, 0.25) is 0 Å². The topological polar surface area (TPSA) is 20.2 Å². The first-order chi connectivity index (χ1) is 7.42. The van der Waals surface area contributed by atoms with Gasteiger partial charge in [0.05, 0.1) is 5.60 Å². The molecule has 0 fully saturated rings. The molecule has 0 spiro atoms. The van der Waals surface area contributed by atoms with Crippen LogP contribution in [0.25, 0.3) is 0 Å². The molecule has 0 saturated carbocycles. The summed E-state index contributed by atoms with van der Waals surface area (Å²) in [5, 5.41) is 10.5.